The van der Waals surface area contributed by atoms with Crippen molar-refractivity contribution in [2.75, 3.05) is 0 Å². The summed E-state index contributed by atoms with van der Waals surface area (Å²) in [6.45, 7) is 8.75. The van der Waals surface area contributed by atoms with E-state index >= 15 is 0 Å². The first-order valence-corrected chi connectivity index (χ1v) is 4.58. The molecule has 0 amide bonds. The Morgan fingerprint density at radius 1 is 1.54 bits per heavy atom. The lowest BCUT2D eigenvalue weighted by atomic mass is 9.88. The zero-order valence-corrected chi connectivity index (χ0v) is 8.78. The molecule has 1 heterocycles. The van der Waals surface area contributed by atoms with E-state index in [-0.39, 0.29) is 12.0 Å². The molecule has 1 aromatic heterocycles. The van der Waals surface area contributed by atoms with Crippen LogP contribution in [0.1, 0.15) is 39.4 Å². The number of imidazole rings is 1. The highest BCUT2D eigenvalue weighted by molar-refractivity contribution is 4.97. The molecule has 1 rings (SSSR count). The Labute approximate surface area is 79.4 Å². The molecule has 0 aliphatic rings. The summed E-state index contributed by atoms with van der Waals surface area (Å²) < 4.78 is 2.05. The van der Waals surface area contributed by atoms with Gasteiger partial charge in [-0.3, -0.25) is 0 Å². The molecule has 0 aromatic carbocycles. The smallest absolute Gasteiger partial charge is 0.0953 e. The zero-order valence-electron chi connectivity index (χ0n) is 8.78. The summed E-state index contributed by atoms with van der Waals surface area (Å²) >= 11 is 0. The largest absolute Gasteiger partial charge is 0.390 e. The van der Waals surface area contributed by atoms with E-state index in [1.807, 2.05) is 10.8 Å². The van der Waals surface area contributed by atoms with E-state index in [1.165, 1.54) is 0 Å². The molecular formula is C10H18N2O. The number of hydrogen-bond donors (Lipinski definition) is 1. The summed E-state index contributed by atoms with van der Waals surface area (Å²) in [5.74, 6) is 0. The van der Waals surface area contributed by atoms with Crippen LogP contribution in [0.2, 0.25) is 0 Å². The van der Waals surface area contributed by atoms with Gasteiger partial charge in [0.05, 0.1) is 18.6 Å². The number of aliphatic hydroxyl groups is 1. The summed E-state index contributed by atoms with van der Waals surface area (Å²) in [5, 5.41) is 8.86. The highest BCUT2D eigenvalue weighted by Crippen LogP contribution is 2.29. The second-order valence-corrected chi connectivity index (χ2v) is 4.51. The fraction of sp³-hybridized carbons (Fsp3) is 0.700. The molecule has 0 spiro atoms. The van der Waals surface area contributed by atoms with Gasteiger partial charge < -0.3 is 9.67 Å². The first-order valence-electron chi connectivity index (χ1n) is 4.58. The molecule has 74 valence electrons. The standard InChI is InChI=1S/C10H18N2O/c1-8(10(2,3)4)12-5-9(6-13)11-7-12/h5,7-8,13H,6H2,1-4H3. The average Bonchev–Trinajstić information content (AvgIpc) is 2.48. The normalized spacial score (nSPS) is 14.5. The molecule has 1 N–H and O–H groups in total. The van der Waals surface area contributed by atoms with Gasteiger partial charge in [0.2, 0.25) is 0 Å². The van der Waals surface area contributed by atoms with Gasteiger partial charge in [-0.15, -0.1) is 0 Å². The Morgan fingerprint density at radius 2 is 2.15 bits per heavy atom. The molecule has 0 aliphatic carbocycles. The van der Waals surface area contributed by atoms with Crippen LogP contribution in [-0.4, -0.2) is 14.7 Å². The average molecular weight is 182 g/mol. The van der Waals surface area contributed by atoms with Gasteiger partial charge in [0.25, 0.3) is 0 Å². The van der Waals surface area contributed by atoms with Crippen molar-refractivity contribution in [3.63, 3.8) is 0 Å². The number of aromatic nitrogens is 2. The SMILES string of the molecule is CC(n1cnc(CO)c1)C(C)(C)C. The molecule has 1 unspecified atom stereocenters. The van der Waals surface area contributed by atoms with E-state index in [4.69, 9.17) is 5.11 Å². The summed E-state index contributed by atoms with van der Waals surface area (Å²) in [6.07, 6.45) is 3.68. The molecule has 0 saturated carbocycles. The Morgan fingerprint density at radius 3 is 2.54 bits per heavy atom. The van der Waals surface area contributed by atoms with Crippen molar-refractivity contribution in [2.24, 2.45) is 5.41 Å². The predicted molar refractivity (Wildman–Crippen MR) is 52.3 cm³/mol. The van der Waals surface area contributed by atoms with Crippen LogP contribution in [0, 0.1) is 5.41 Å². The van der Waals surface area contributed by atoms with E-state index in [0.717, 1.165) is 5.69 Å². The topological polar surface area (TPSA) is 38.0 Å². The minimum atomic E-state index is 0.0177. The molecule has 0 radical (unpaired) electrons. The van der Waals surface area contributed by atoms with Crippen LogP contribution < -0.4 is 0 Å². The quantitative estimate of drug-likeness (QED) is 0.759. The van der Waals surface area contributed by atoms with Crippen LogP contribution in [-0.2, 0) is 6.61 Å². The number of nitrogens with zero attached hydrogens (tertiary/aromatic N) is 2. The second-order valence-electron chi connectivity index (χ2n) is 4.51. The molecule has 0 saturated heterocycles. The highest BCUT2D eigenvalue weighted by atomic mass is 16.3. The molecule has 0 bridgehead atoms. The third-order valence-electron chi connectivity index (χ3n) is 2.52. The van der Waals surface area contributed by atoms with E-state index in [1.54, 1.807) is 6.33 Å². The van der Waals surface area contributed by atoms with E-state index < -0.39 is 0 Å². The molecule has 13 heavy (non-hydrogen) atoms. The van der Waals surface area contributed by atoms with Crippen LogP contribution in [0.15, 0.2) is 12.5 Å². The maximum atomic E-state index is 8.86. The highest BCUT2D eigenvalue weighted by Gasteiger charge is 2.21. The Bertz CT molecular complexity index is 273. The number of hydrogen-bond acceptors (Lipinski definition) is 2. The minimum Gasteiger partial charge on any atom is -0.390 e. The van der Waals surface area contributed by atoms with Gasteiger partial charge in [-0.2, -0.15) is 0 Å². The summed E-state index contributed by atoms with van der Waals surface area (Å²) in [6, 6.07) is 0.389. The van der Waals surface area contributed by atoms with Crippen molar-refractivity contribution in [3.8, 4) is 0 Å². The van der Waals surface area contributed by atoms with Crippen molar-refractivity contribution >= 4 is 0 Å². The third-order valence-corrected chi connectivity index (χ3v) is 2.52. The van der Waals surface area contributed by atoms with Gasteiger partial charge in [0.15, 0.2) is 0 Å². The van der Waals surface area contributed by atoms with Crippen LogP contribution in [0.5, 0.6) is 0 Å². The summed E-state index contributed by atoms with van der Waals surface area (Å²) in [5.41, 5.74) is 0.948. The van der Waals surface area contributed by atoms with E-state index in [2.05, 4.69) is 32.7 Å². The molecule has 1 aromatic rings. The van der Waals surface area contributed by atoms with Crippen LogP contribution in [0.3, 0.4) is 0 Å². The van der Waals surface area contributed by atoms with Crippen molar-refractivity contribution in [1.29, 1.82) is 0 Å². The predicted octanol–water partition coefficient (Wildman–Crippen LogP) is 1.98. The summed E-state index contributed by atoms with van der Waals surface area (Å²) in [7, 11) is 0. The molecule has 3 heteroatoms. The van der Waals surface area contributed by atoms with Crippen LogP contribution in [0.4, 0.5) is 0 Å². The Balaban J connectivity index is 2.83. The lowest BCUT2D eigenvalue weighted by Gasteiger charge is -2.28. The fourth-order valence-corrected chi connectivity index (χ4v) is 1.12. The van der Waals surface area contributed by atoms with E-state index in [0.29, 0.717) is 6.04 Å². The van der Waals surface area contributed by atoms with Crippen LogP contribution >= 0.6 is 0 Å². The fourth-order valence-electron chi connectivity index (χ4n) is 1.12. The van der Waals surface area contributed by atoms with E-state index in [9.17, 15) is 0 Å². The number of rotatable bonds is 2. The lowest BCUT2D eigenvalue weighted by Crippen LogP contribution is -2.20. The first kappa shape index (κ1) is 10.3. The van der Waals surface area contributed by atoms with Crippen molar-refractivity contribution < 1.29 is 5.11 Å². The van der Waals surface area contributed by atoms with Gasteiger partial charge in [-0.1, -0.05) is 20.8 Å². The number of aliphatic hydroxyl groups excluding tert-OH is 1. The van der Waals surface area contributed by atoms with Gasteiger partial charge in [0, 0.05) is 12.2 Å². The molecule has 0 aliphatic heterocycles. The monoisotopic (exact) mass is 182 g/mol. The Hall–Kier alpha value is -0.830. The van der Waals surface area contributed by atoms with Crippen molar-refractivity contribution in [1.82, 2.24) is 9.55 Å². The molecular weight excluding hydrogens is 164 g/mol. The van der Waals surface area contributed by atoms with Gasteiger partial charge >= 0.3 is 0 Å². The van der Waals surface area contributed by atoms with Crippen molar-refractivity contribution in [3.05, 3.63) is 18.2 Å². The summed E-state index contributed by atoms with van der Waals surface area (Å²) in [4.78, 5) is 4.08. The van der Waals surface area contributed by atoms with Crippen LogP contribution in [0.25, 0.3) is 0 Å². The zero-order chi connectivity index (χ0) is 10.1. The molecule has 1 atom stereocenters. The maximum absolute atomic E-state index is 8.86. The third kappa shape index (κ3) is 2.31. The van der Waals surface area contributed by atoms with Gasteiger partial charge in [0.1, 0.15) is 0 Å². The lowest BCUT2D eigenvalue weighted by molar-refractivity contribution is 0.259. The Kier molecular flexibility index (Phi) is 2.76. The molecule has 0 fully saturated rings. The second kappa shape index (κ2) is 3.50. The van der Waals surface area contributed by atoms with Gasteiger partial charge in [-0.25, -0.2) is 4.98 Å². The van der Waals surface area contributed by atoms with Crippen molar-refractivity contribution in [2.45, 2.75) is 40.3 Å². The first-order chi connectivity index (χ1) is 5.95. The molecule has 3 nitrogen and oxygen atoms in total. The minimum absolute atomic E-state index is 0.0177. The van der Waals surface area contributed by atoms with Gasteiger partial charge in [-0.05, 0) is 12.3 Å². The maximum Gasteiger partial charge on any atom is 0.0953 e.